The maximum Gasteiger partial charge on any atom is 0.239 e. The van der Waals surface area contributed by atoms with Gasteiger partial charge in [-0.2, -0.15) is 5.26 Å². The quantitative estimate of drug-likeness (QED) is 0.809. The summed E-state index contributed by atoms with van der Waals surface area (Å²) in [6.07, 6.45) is 4.82. The van der Waals surface area contributed by atoms with Gasteiger partial charge in [0.05, 0.1) is 18.5 Å². The van der Waals surface area contributed by atoms with E-state index in [-0.39, 0.29) is 18.0 Å². The fraction of sp³-hybridized carbons (Fsp3) is 0.846. The topological polar surface area (TPSA) is 56.1 Å². The highest BCUT2D eigenvalue weighted by Crippen LogP contribution is 2.12. The maximum absolute atomic E-state index is 12.4. The highest BCUT2D eigenvalue weighted by Gasteiger charge is 2.26. The minimum absolute atomic E-state index is 0.0430. The number of hydrogen-bond donors (Lipinski definition) is 1. The number of hydrogen-bond acceptors (Lipinski definition) is 3. The van der Waals surface area contributed by atoms with E-state index in [1.165, 1.54) is 6.42 Å². The van der Waals surface area contributed by atoms with Gasteiger partial charge in [-0.1, -0.05) is 12.8 Å². The van der Waals surface area contributed by atoms with Gasteiger partial charge in [0, 0.05) is 12.6 Å². The Bertz CT molecular complexity index is 275. The average Bonchev–Trinajstić information content (AvgIpc) is 2.57. The number of rotatable bonds is 4. The summed E-state index contributed by atoms with van der Waals surface area (Å²) in [6, 6.07) is 2.23. The third-order valence-electron chi connectivity index (χ3n) is 3.23. The van der Waals surface area contributed by atoms with Gasteiger partial charge in [0.15, 0.2) is 0 Å². The van der Waals surface area contributed by atoms with Crippen LogP contribution in [0.2, 0.25) is 0 Å². The van der Waals surface area contributed by atoms with E-state index in [9.17, 15) is 4.79 Å². The fourth-order valence-corrected chi connectivity index (χ4v) is 2.23. The third kappa shape index (κ3) is 4.35. The molecule has 0 aromatic heterocycles. The number of nitrogens with one attached hydrogen (secondary N) is 1. The first-order valence-electron chi connectivity index (χ1n) is 6.57. The molecule has 1 heterocycles. The lowest BCUT2D eigenvalue weighted by Crippen LogP contribution is -2.49. The van der Waals surface area contributed by atoms with Crippen molar-refractivity contribution in [3.63, 3.8) is 0 Å². The van der Waals surface area contributed by atoms with Crippen LogP contribution in [0.4, 0.5) is 0 Å². The van der Waals surface area contributed by atoms with Crippen LogP contribution in [-0.4, -0.2) is 36.0 Å². The van der Waals surface area contributed by atoms with Crippen molar-refractivity contribution >= 4 is 5.91 Å². The lowest BCUT2D eigenvalue weighted by Gasteiger charge is -2.30. The molecule has 1 aliphatic heterocycles. The zero-order chi connectivity index (χ0) is 12.7. The summed E-state index contributed by atoms with van der Waals surface area (Å²) in [4.78, 5) is 14.2. The molecule has 0 radical (unpaired) electrons. The van der Waals surface area contributed by atoms with Crippen LogP contribution in [0.5, 0.6) is 0 Å². The molecule has 1 unspecified atom stereocenters. The molecule has 4 heteroatoms. The van der Waals surface area contributed by atoms with Crippen molar-refractivity contribution in [3.8, 4) is 6.07 Å². The van der Waals surface area contributed by atoms with Crippen LogP contribution in [-0.2, 0) is 4.79 Å². The number of carbonyl (C=O) groups is 1. The van der Waals surface area contributed by atoms with E-state index in [0.717, 1.165) is 25.8 Å². The van der Waals surface area contributed by atoms with Gasteiger partial charge in [0.25, 0.3) is 0 Å². The molecule has 0 bridgehead atoms. The summed E-state index contributed by atoms with van der Waals surface area (Å²) in [5.41, 5.74) is 0. The predicted octanol–water partition coefficient (Wildman–Crippen LogP) is 1.67. The molecular weight excluding hydrogens is 214 g/mol. The molecule has 1 atom stereocenters. The summed E-state index contributed by atoms with van der Waals surface area (Å²) in [7, 11) is 0. The lowest BCUT2D eigenvalue weighted by atomic mass is 10.1. The number of amides is 1. The van der Waals surface area contributed by atoms with E-state index in [2.05, 4.69) is 11.4 Å². The molecule has 0 aliphatic carbocycles. The molecule has 0 aromatic rings. The predicted molar refractivity (Wildman–Crippen MR) is 67.3 cm³/mol. The molecule has 1 saturated heterocycles. The second kappa shape index (κ2) is 7.29. The van der Waals surface area contributed by atoms with E-state index >= 15 is 0 Å². The van der Waals surface area contributed by atoms with Crippen molar-refractivity contribution in [1.82, 2.24) is 10.2 Å². The van der Waals surface area contributed by atoms with Crippen LogP contribution in [0.15, 0.2) is 0 Å². The number of nitrogens with zero attached hydrogens (tertiary/aromatic N) is 2. The molecule has 0 aromatic carbocycles. The minimum atomic E-state index is -0.0430. The van der Waals surface area contributed by atoms with Crippen LogP contribution in [0.1, 0.15) is 46.0 Å². The highest BCUT2D eigenvalue weighted by molar-refractivity contribution is 5.82. The van der Waals surface area contributed by atoms with Crippen molar-refractivity contribution in [2.24, 2.45) is 0 Å². The Kier molecular flexibility index (Phi) is 5.99. The van der Waals surface area contributed by atoms with E-state index in [1.54, 1.807) is 0 Å². The molecule has 17 heavy (non-hydrogen) atoms. The summed E-state index contributed by atoms with van der Waals surface area (Å²) in [5, 5.41) is 11.9. The van der Waals surface area contributed by atoms with Crippen LogP contribution >= 0.6 is 0 Å². The fourth-order valence-electron chi connectivity index (χ4n) is 2.23. The Balaban J connectivity index is 2.59. The van der Waals surface area contributed by atoms with E-state index in [1.807, 2.05) is 18.7 Å². The molecule has 0 spiro atoms. The first-order valence-corrected chi connectivity index (χ1v) is 6.57. The second-order valence-corrected chi connectivity index (χ2v) is 4.89. The molecule has 1 N–H and O–H groups in total. The monoisotopic (exact) mass is 237 g/mol. The largest absolute Gasteiger partial charge is 0.338 e. The Hall–Kier alpha value is -1.08. The average molecular weight is 237 g/mol. The summed E-state index contributed by atoms with van der Waals surface area (Å²) in [5.74, 6) is 0.164. The van der Waals surface area contributed by atoms with Crippen LogP contribution in [0, 0.1) is 11.3 Å². The molecule has 1 rings (SSSR count). The van der Waals surface area contributed by atoms with Crippen molar-refractivity contribution in [3.05, 3.63) is 0 Å². The molecule has 96 valence electrons. The van der Waals surface area contributed by atoms with Crippen LogP contribution in [0.25, 0.3) is 0 Å². The first-order chi connectivity index (χ1) is 8.16. The molecule has 1 amide bonds. The van der Waals surface area contributed by atoms with Crippen molar-refractivity contribution < 1.29 is 4.79 Å². The van der Waals surface area contributed by atoms with Gasteiger partial charge < -0.3 is 10.2 Å². The van der Waals surface area contributed by atoms with Gasteiger partial charge in [-0.15, -0.1) is 0 Å². The summed E-state index contributed by atoms with van der Waals surface area (Å²) >= 11 is 0. The van der Waals surface area contributed by atoms with E-state index < -0.39 is 0 Å². The van der Waals surface area contributed by atoms with Gasteiger partial charge >= 0.3 is 0 Å². The third-order valence-corrected chi connectivity index (χ3v) is 3.23. The van der Waals surface area contributed by atoms with Crippen molar-refractivity contribution in [2.75, 3.05) is 13.1 Å². The smallest absolute Gasteiger partial charge is 0.239 e. The summed E-state index contributed by atoms with van der Waals surface area (Å²) < 4.78 is 0. The highest BCUT2D eigenvalue weighted by atomic mass is 16.2. The minimum Gasteiger partial charge on any atom is -0.338 e. The zero-order valence-corrected chi connectivity index (χ0v) is 10.9. The molecule has 1 aliphatic rings. The molecule has 4 nitrogen and oxygen atoms in total. The lowest BCUT2D eigenvalue weighted by molar-refractivity contribution is -0.135. The summed E-state index contributed by atoms with van der Waals surface area (Å²) in [6.45, 7) is 5.49. The standard InChI is InChI=1S/C13H23N3O/c1-11(2)16(10-6-8-14)13(17)12-7-4-3-5-9-15-12/h11-12,15H,3-7,9-10H2,1-2H3. The molecular formula is C13H23N3O. The van der Waals surface area contributed by atoms with Crippen LogP contribution in [0.3, 0.4) is 0 Å². The normalized spacial score (nSPS) is 20.7. The second-order valence-electron chi connectivity index (χ2n) is 4.89. The Morgan fingerprint density at radius 2 is 2.24 bits per heavy atom. The Morgan fingerprint density at radius 3 is 2.88 bits per heavy atom. The number of nitriles is 1. The van der Waals surface area contributed by atoms with Gasteiger partial charge in [-0.25, -0.2) is 0 Å². The van der Waals surface area contributed by atoms with E-state index in [0.29, 0.717) is 13.0 Å². The van der Waals surface area contributed by atoms with Gasteiger partial charge in [0.2, 0.25) is 5.91 Å². The van der Waals surface area contributed by atoms with Crippen LogP contribution < -0.4 is 5.32 Å². The Morgan fingerprint density at radius 1 is 1.47 bits per heavy atom. The molecule has 0 saturated carbocycles. The van der Waals surface area contributed by atoms with Gasteiger partial charge in [0.1, 0.15) is 0 Å². The number of carbonyl (C=O) groups excluding carboxylic acids is 1. The van der Waals surface area contributed by atoms with Gasteiger partial charge in [-0.05, 0) is 33.2 Å². The maximum atomic E-state index is 12.4. The zero-order valence-electron chi connectivity index (χ0n) is 10.9. The SMILES string of the molecule is CC(C)N(CCC#N)C(=O)C1CCCCCN1. The van der Waals surface area contributed by atoms with Crippen molar-refractivity contribution in [1.29, 1.82) is 5.26 Å². The van der Waals surface area contributed by atoms with Gasteiger partial charge in [-0.3, -0.25) is 4.79 Å². The molecule has 1 fully saturated rings. The first kappa shape index (κ1) is 14.0. The van der Waals surface area contributed by atoms with E-state index in [4.69, 9.17) is 5.26 Å². The van der Waals surface area contributed by atoms with Crippen molar-refractivity contribution in [2.45, 2.75) is 58.0 Å². The Labute approximate surface area is 104 Å².